The summed E-state index contributed by atoms with van der Waals surface area (Å²) in [5.41, 5.74) is 4.26. The van der Waals surface area contributed by atoms with Crippen LogP contribution in [0.4, 0.5) is 0 Å². The van der Waals surface area contributed by atoms with E-state index in [1.165, 1.54) is 0 Å². The van der Waals surface area contributed by atoms with Gasteiger partial charge in [-0.15, -0.1) is 0 Å². The van der Waals surface area contributed by atoms with Gasteiger partial charge in [-0.1, -0.05) is 18.2 Å². The zero-order valence-electron chi connectivity index (χ0n) is 21.1. The third kappa shape index (κ3) is 5.60. The van der Waals surface area contributed by atoms with Gasteiger partial charge >= 0.3 is 0 Å². The fourth-order valence-electron chi connectivity index (χ4n) is 5.72. The van der Waals surface area contributed by atoms with E-state index in [0.717, 1.165) is 54.5 Å². The molecular weight excluding hydrogens is 470 g/mol. The summed E-state index contributed by atoms with van der Waals surface area (Å²) in [5, 5.41) is 13.3. The molecule has 1 aliphatic heterocycles. The first-order valence-corrected chi connectivity index (χ1v) is 12.9. The number of aryl methyl sites for hydroxylation is 1. The molecule has 3 aromatic rings. The highest BCUT2D eigenvalue weighted by molar-refractivity contribution is 5.95. The summed E-state index contributed by atoms with van der Waals surface area (Å²) >= 11 is 0. The van der Waals surface area contributed by atoms with Crippen molar-refractivity contribution >= 4 is 22.7 Å². The molecule has 2 heterocycles. The van der Waals surface area contributed by atoms with Crippen molar-refractivity contribution in [2.45, 2.75) is 69.6 Å². The van der Waals surface area contributed by atoms with Gasteiger partial charge in [-0.05, 0) is 81.8 Å². The van der Waals surface area contributed by atoms with E-state index in [4.69, 9.17) is 14.7 Å². The van der Waals surface area contributed by atoms with Gasteiger partial charge in [0.05, 0.1) is 17.5 Å². The molecule has 0 atom stereocenters. The molecule has 1 aromatic heterocycles. The Morgan fingerprint density at radius 3 is 2.51 bits per heavy atom. The topological polar surface area (TPSA) is 110 Å². The van der Waals surface area contributed by atoms with Crippen LogP contribution >= 0.6 is 0 Å². The number of carbonyl (C=O) groups is 2. The van der Waals surface area contributed by atoms with Crippen LogP contribution < -0.4 is 15.5 Å². The molecule has 194 valence electrons. The molecule has 3 N–H and O–H groups in total. The Bertz CT molecular complexity index is 1270. The Kier molecular flexibility index (Phi) is 7.13. The van der Waals surface area contributed by atoms with Gasteiger partial charge in [0.2, 0.25) is 5.91 Å². The molecule has 2 amide bonds. The van der Waals surface area contributed by atoms with Gasteiger partial charge in [0.1, 0.15) is 12.4 Å². The molecule has 2 aromatic carbocycles. The van der Waals surface area contributed by atoms with Crippen molar-refractivity contribution < 1.29 is 24.3 Å². The number of ether oxygens (including phenoxy) is 2. The number of hydrogen-bond donors (Lipinski definition) is 3. The molecule has 1 saturated heterocycles. The first-order valence-electron chi connectivity index (χ1n) is 12.9. The van der Waals surface area contributed by atoms with Crippen molar-refractivity contribution in [1.82, 2.24) is 15.8 Å². The number of fused-ring (bicyclic) bond motifs is 1. The van der Waals surface area contributed by atoms with Gasteiger partial charge in [-0.25, -0.2) is 5.48 Å². The fourth-order valence-corrected chi connectivity index (χ4v) is 5.72. The second kappa shape index (κ2) is 10.5. The van der Waals surface area contributed by atoms with Gasteiger partial charge in [0, 0.05) is 34.4 Å². The number of nitrogens with one attached hydrogen (secondary N) is 2. The maximum atomic E-state index is 13.2. The van der Waals surface area contributed by atoms with Gasteiger partial charge in [0.15, 0.2) is 0 Å². The number of nitrogens with zero attached hydrogens (tertiary/aromatic N) is 1. The smallest absolute Gasteiger partial charge is 0.251 e. The highest BCUT2D eigenvalue weighted by atomic mass is 16.5. The van der Waals surface area contributed by atoms with Crippen LogP contribution in [0.5, 0.6) is 5.75 Å². The number of hydroxylamine groups is 1. The molecule has 1 saturated carbocycles. The normalized spacial score (nSPS) is 23.2. The third-order valence-electron chi connectivity index (χ3n) is 7.75. The van der Waals surface area contributed by atoms with E-state index < -0.39 is 11.4 Å². The lowest BCUT2D eigenvalue weighted by Crippen LogP contribution is -2.55. The van der Waals surface area contributed by atoms with Crippen molar-refractivity contribution in [2.75, 3.05) is 6.61 Å². The Morgan fingerprint density at radius 1 is 1.05 bits per heavy atom. The van der Waals surface area contributed by atoms with Gasteiger partial charge in [0.25, 0.3) is 5.91 Å². The number of rotatable bonds is 7. The molecule has 1 spiro atoms. The minimum absolute atomic E-state index is 0.0197. The van der Waals surface area contributed by atoms with Gasteiger partial charge in [-0.2, -0.15) is 0 Å². The number of carbonyl (C=O) groups excluding carboxylic acids is 2. The highest BCUT2D eigenvalue weighted by Gasteiger charge is 2.46. The quantitative estimate of drug-likeness (QED) is 0.321. The summed E-state index contributed by atoms with van der Waals surface area (Å²) in [6, 6.07) is 17.0. The SMILES string of the molecule is Cc1cc(COc2ccc(C(=O)NC3(CC(=O)NO)CCC4(CCCO4)CC3)cc2)c2ccccc2n1. The molecular formula is C29H33N3O5. The molecule has 2 aliphatic rings. The zero-order valence-corrected chi connectivity index (χ0v) is 21.1. The Morgan fingerprint density at radius 2 is 1.81 bits per heavy atom. The average Bonchev–Trinajstić information content (AvgIpc) is 3.37. The standard InChI is InChI=1S/C29H33N3O5/c1-20-17-22(24-5-2-3-6-25(24)30-20)19-36-23-9-7-21(8-10-23)27(34)31-28(18-26(33)32-35)12-14-29(15-13-28)11-4-16-37-29/h2-3,5-10,17,35H,4,11-16,18-19H2,1H3,(H,31,34)(H,32,33). The first-order chi connectivity index (χ1) is 17.9. The number of hydrogen-bond acceptors (Lipinski definition) is 6. The third-order valence-corrected chi connectivity index (χ3v) is 7.75. The zero-order chi connectivity index (χ0) is 25.9. The van der Waals surface area contributed by atoms with Crippen LogP contribution in [-0.4, -0.2) is 39.8 Å². The number of amides is 2. The fraction of sp³-hybridized carbons (Fsp3) is 0.414. The summed E-state index contributed by atoms with van der Waals surface area (Å²) in [5.74, 6) is -0.106. The molecule has 0 unspecified atom stereocenters. The highest BCUT2D eigenvalue weighted by Crippen LogP contribution is 2.44. The molecule has 37 heavy (non-hydrogen) atoms. The summed E-state index contributed by atoms with van der Waals surface area (Å²) in [6.07, 6.45) is 4.87. The van der Waals surface area contributed by atoms with Crippen molar-refractivity contribution in [3.8, 4) is 5.75 Å². The second-order valence-electron chi connectivity index (χ2n) is 10.3. The molecule has 5 rings (SSSR count). The minimum Gasteiger partial charge on any atom is -0.489 e. The van der Waals surface area contributed by atoms with E-state index in [1.807, 2.05) is 37.3 Å². The number of para-hydroxylation sites is 1. The molecule has 2 fully saturated rings. The van der Waals surface area contributed by atoms with Gasteiger partial charge < -0.3 is 14.8 Å². The molecule has 0 bridgehead atoms. The predicted molar refractivity (Wildman–Crippen MR) is 138 cm³/mol. The largest absolute Gasteiger partial charge is 0.489 e. The monoisotopic (exact) mass is 503 g/mol. The van der Waals surface area contributed by atoms with Crippen molar-refractivity contribution in [1.29, 1.82) is 0 Å². The first kappa shape index (κ1) is 25.2. The minimum atomic E-state index is -0.726. The number of aromatic nitrogens is 1. The second-order valence-corrected chi connectivity index (χ2v) is 10.3. The van der Waals surface area contributed by atoms with E-state index in [2.05, 4.69) is 10.3 Å². The average molecular weight is 504 g/mol. The van der Waals surface area contributed by atoms with Crippen LogP contribution in [0.3, 0.4) is 0 Å². The van der Waals surface area contributed by atoms with Crippen LogP contribution in [0.25, 0.3) is 10.9 Å². The summed E-state index contributed by atoms with van der Waals surface area (Å²) in [7, 11) is 0. The van der Waals surface area contributed by atoms with Crippen LogP contribution in [0.15, 0.2) is 54.6 Å². The van der Waals surface area contributed by atoms with Crippen molar-refractivity contribution in [3.63, 3.8) is 0 Å². The Hall–Kier alpha value is -3.49. The summed E-state index contributed by atoms with van der Waals surface area (Å²) in [4.78, 5) is 29.9. The Balaban J connectivity index is 1.25. The predicted octanol–water partition coefficient (Wildman–Crippen LogP) is 4.61. The maximum absolute atomic E-state index is 13.2. The van der Waals surface area contributed by atoms with E-state index >= 15 is 0 Å². The van der Waals surface area contributed by atoms with Crippen molar-refractivity contribution in [2.24, 2.45) is 0 Å². The summed E-state index contributed by atoms with van der Waals surface area (Å²) < 4.78 is 12.0. The number of pyridine rings is 1. The van der Waals surface area contributed by atoms with E-state index in [9.17, 15) is 9.59 Å². The lowest BCUT2D eigenvalue weighted by molar-refractivity contribution is -0.132. The van der Waals surface area contributed by atoms with Crippen LogP contribution in [0.2, 0.25) is 0 Å². The lowest BCUT2D eigenvalue weighted by atomic mass is 9.71. The molecule has 8 nitrogen and oxygen atoms in total. The maximum Gasteiger partial charge on any atom is 0.251 e. The van der Waals surface area contributed by atoms with Crippen LogP contribution in [0, 0.1) is 6.92 Å². The molecule has 8 heteroatoms. The molecule has 0 radical (unpaired) electrons. The summed E-state index contributed by atoms with van der Waals surface area (Å²) in [6.45, 7) is 3.12. The number of benzene rings is 2. The van der Waals surface area contributed by atoms with Crippen LogP contribution in [-0.2, 0) is 16.1 Å². The van der Waals surface area contributed by atoms with Crippen molar-refractivity contribution in [3.05, 3.63) is 71.4 Å². The van der Waals surface area contributed by atoms with Gasteiger partial charge in [-0.3, -0.25) is 19.8 Å². The van der Waals surface area contributed by atoms with E-state index in [1.54, 1.807) is 29.7 Å². The Labute approximate surface area is 216 Å². The molecule has 1 aliphatic carbocycles. The van der Waals surface area contributed by atoms with Crippen LogP contribution in [0.1, 0.15) is 66.6 Å². The van der Waals surface area contributed by atoms with E-state index in [-0.39, 0.29) is 17.9 Å². The lowest BCUT2D eigenvalue weighted by Gasteiger charge is -2.44. The van der Waals surface area contributed by atoms with E-state index in [0.29, 0.717) is 30.8 Å².